The normalized spacial score (nSPS) is 18.9. The first-order valence-corrected chi connectivity index (χ1v) is 21.2. The van der Waals surface area contributed by atoms with E-state index in [2.05, 4.69) is 20.9 Å². The van der Waals surface area contributed by atoms with Crippen LogP contribution in [0.5, 0.6) is 5.75 Å². The second-order valence-corrected chi connectivity index (χ2v) is 17.0. The standard InChI is InChI=1S/C43H40FN7O8S/c44-39-29-10-9-28(21-27(29)22-35(59-24-26-5-2-1-3-6-26)40(39)50-23-37(53)48-60(50,57)58)46-43(56)45-18-15-25-16-19-49(20-17-25)32-11-12-33-38-30(32)7-4-8-31(38)42(55)51(33)34-13-14-36(52)47-41(34)54/h1-12,21-22,25,34H,13-20,23-24H2,(H,48,53)(H2,45,46,56)(H,47,52,54). The number of halogens is 1. The Morgan fingerprint density at radius 1 is 0.867 bits per heavy atom. The second-order valence-electron chi connectivity index (χ2n) is 15.4. The summed E-state index contributed by atoms with van der Waals surface area (Å²) >= 11 is 0. The van der Waals surface area contributed by atoms with E-state index >= 15 is 4.39 Å². The summed E-state index contributed by atoms with van der Waals surface area (Å²) in [7, 11) is -4.34. The lowest BCUT2D eigenvalue weighted by Crippen LogP contribution is -2.53. The van der Waals surface area contributed by atoms with Gasteiger partial charge in [0.25, 0.3) is 11.8 Å². The average Bonchev–Trinajstić information content (AvgIpc) is 3.67. The van der Waals surface area contributed by atoms with Gasteiger partial charge in [-0.3, -0.25) is 29.4 Å². The van der Waals surface area contributed by atoms with E-state index in [9.17, 15) is 32.4 Å². The summed E-state index contributed by atoms with van der Waals surface area (Å²) in [6.07, 6.45) is 2.99. The molecule has 308 valence electrons. The SMILES string of the molecule is O=C1CCC(N2C(=O)c3cccc4c(N5CCC(CCNC(=O)Nc6ccc7c(F)c(N8CC(=O)NS8(=O)=O)c(OCc8ccccc8)cc7c6)CC5)ccc2c34)C(=O)N1. The number of nitrogens with one attached hydrogen (secondary N) is 4. The van der Waals surface area contributed by atoms with Crippen LogP contribution in [0.3, 0.4) is 0 Å². The number of imide groups is 1. The highest BCUT2D eigenvalue weighted by Crippen LogP contribution is 2.44. The van der Waals surface area contributed by atoms with Gasteiger partial charge >= 0.3 is 16.2 Å². The Morgan fingerprint density at radius 2 is 1.65 bits per heavy atom. The van der Waals surface area contributed by atoms with Crippen molar-refractivity contribution in [1.82, 2.24) is 15.4 Å². The lowest BCUT2D eigenvalue weighted by molar-refractivity contribution is -0.134. The van der Waals surface area contributed by atoms with Gasteiger partial charge in [-0.05, 0) is 85.0 Å². The van der Waals surface area contributed by atoms with Gasteiger partial charge in [0, 0.05) is 59.2 Å². The Labute approximate surface area is 344 Å². The zero-order chi connectivity index (χ0) is 41.7. The molecule has 0 saturated carbocycles. The number of hydrogen-bond donors (Lipinski definition) is 4. The molecule has 4 aliphatic rings. The molecule has 9 rings (SSSR count). The number of amides is 6. The van der Waals surface area contributed by atoms with Crippen LogP contribution in [0.4, 0.5) is 31.9 Å². The first-order valence-electron chi connectivity index (χ1n) is 19.7. The van der Waals surface area contributed by atoms with E-state index in [0.717, 1.165) is 54.4 Å². The number of fused-ring (bicyclic) bond motifs is 1. The molecule has 1 unspecified atom stereocenters. The van der Waals surface area contributed by atoms with Gasteiger partial charge in [0.2, 0.25) is 11.8 Å². The van der Waals surface area contributed by atoms with Crippen LogP contribution in [0.25, 0.3) is 21.5 Å². The van der Waals surface area contributed by atoms with Gasteiger partial charge in [-0.2, -0.15) is 8.42 Å². The summed E-state index contributed by atoms with van der Waals surface area (Å²) in [6.45, 7) is 1.39. The number of carbonyl (C=O) groups excluding carboxylic acids is 5. The van der Waals surface area contributed by atoms with Crippen molar-refractivity contribution in [1.29, 1.82) is 0 Å². The molecule has 1 atom stereocenters. The van der Waals surface area contributed by atoms with Crippen LogP contribution in [-0.2, 0) is 31.2 Å². The van der Waals surface area contributed by atoms with Crippen LogP contribution in [0.1, 0.15) is 48.0 Å². The summed E-state index contributed by atoms with van der Waals surface area (Å²) < 4.78 is 50.2. The molecule has 0 spiro atoms. The Balaban J connectivity index is 0.828. The topological polar surface area (TPSA) is 187 Å². The predicted octanol–water partition coefficient (Wildman–Crippen LogP) is 5.09. The summed E-state index contributed by atoms with van der Waals surface area (Å²) in [4.78, 5) is 67.0. The number of carbonyl (C=O) groups is 5. The molecule has 60 heavy (non-hydrogen) atoms. The smallest absolute Gasteiger partial charge is 0.326 e. The van der Waals surface area contributed by atoms with Crippen LogP contribution >= 0.6 is 0 Å². The minimum absolute atomic E-state index is 0.00741. The number of nitrogens with zero attached hydrogens (tertiary/aromatic N) is 3. The van der Waals surface area contributed by atoms with E-state index < -0.39 is 46.5 Å². The fourth-order valence-electron chi connectivity index (χ4n) is 8.66. The van der Waals surface area contributed by atoms with Crippen LogP contribution in [0.15, 0.2) is 84.9 Å². The third kappa shape index (κ3) is 7.18. The minimum Gasteiger partial charge on any atom is -0.487 e. The zero-order valence-electron chi connectivity index (χ0n) is 32.2. The van der Waals surface area contributed by atoms with E-state index in [1.165, 1.54) is 23.1 Å². The van der Waals surface area contributed by atoms with Crippen molar-refractivity contribution in [3.8, 4) is 5.75 Å². The third-order valence-corrected chi connectivity index (χ3v) is 13.0. The maximum absolute atomic E-state index is 16.2. The first kappa shape index (κ1) is 38.8. The molecule has 5 aromatic rings. The summed E-state index contributed by atoms with van der Waals surface area (Å²) in [5.41, 5.74) is 2.99. The zero-order valence-corrected chi connectivity index (χ0v) is 33.0. The van der Waals surface area contributed by atoms with Gasteiger partial charge < -0.3 is 20.3 Å². The van der Waals surface area contributed by atoms with E-state index in [1.54, 1.807) is 24.3 Å². The maximum Gasteiger partial charge on any atom is 0.326 e. The van der Waals surface area contributed by atoms with E-state index in [1.807, 2.05) is 47.2 Å². The molecule has 0 radical (unpaired) electrons. The molecule has 0 aromatic heterocycles. The number of piperidine rings is 2. The molecule has 15 nitrogen and oxygen atoms in total. The fraction of sp³-hybridized carbons (Fsp3) is 0.279. The highest BCUT2D eigenvalue weighted by molar-refractivity contribution is 7.92. The summed E-state index contributed by atoms with van der Waals surface area (Å²) in [6, 6.07) is 23.4. The fourth-order valence-corrected chi connectivity index (χ4v) is 9.82. The number of urea groups is 1. The molecule has 4 aliphatic heterocycles. The van der Waals surface area contributed by atoms with Crippen LogP contribution in [0.2, 0.25) is 0 Å². The van der Waals surface area contributed by atoms with Crippen LogP contribution in [0, 0.1) is 11.7 Å². The number of ether oxygens (including phenoxy) is 1. The summed E-state index contributed by atoms with van der Waals surface area (Å²) in [5.74, 6) is -2.45. The lowest BCUT2D eigenvalue weighted by atomic mass is 9.92. The van der Waals surface area contributed by atoms with Gasteiger partial charge in [0.15, 0.2) is 5.82 Å². The highest BCUT2D eigenvalue weighted by Gasteiger charge is 2.42. The molecular formula is C43H40FN7O8S. The molecule has 5 aromatic carbocycles. The number of rotatable bonds is 10. The Morgan fingerprint density at radius 3 is 2.40 bits per heavy atom. The van der Waals surface area contributed by atoms with Gasteiger partial charge in [0.05, 0.1) is 5.69 Å². The Bertz CT molecular complexity index is 2730. The van der Waals surface area contributed by atoms with Crippen LogP contribution < -0.4 is 39.5 Å². The molecule has 3 fully saturated rings. The van der Waals surface area contributed by atoms with Crippen molar-refractivity contribution in [3.63, 3.8) is 0 Å². The van der Waals surface area contributed by atoms with Gasteiger partial charge in [-0.15, -0.1) is 0 Å². The molecule has 0 aliphatic carbocycles. The molecule has 0 bridgehead atoms. The molecule has 4 heterocycles. The largest absolute Gasteiger partial charge is 0.487 e. The molecule has 3 saturated heterocycles. The van der Waals surface area contributed by atoms with Gasteiger partial charge in [0.1, 0.15) is 30.6 Å². The van der Waals surface area contributed by atoms with E-state index in [-0.39, 0.29) is 48.1 Å². The minimum atomic E-state index is -4.34. The van der Waals surface area contributed by atoms with Gasteiger partial charge in [-0.25, -0.2) is 18.2 Å². The lowest BCUT2D eigenvalue weighted by Gasteiger charge is -2.35. The number of anilines is 4. The number of benzene rings is 5. The van der Waals surface area contributed by atoms with Crippen molar-refractivity contribution >= 4 is 84.2 Å². The third-order valence-electron chi connectivity index (χ3n) is 11.6. The predicted molar refractivity (Wildman–Crippen MR) is 223 cm³/mol. The van der Waals surface area contributed by atoms with Crippen LogP contribution in [-0.4, -0.2) is 70.3 Å². The van der Waals surface area contributed by atoms with Crippen molar-refractivity contribution < 1.29 is 41.5 Å². The average molecular weight is 834 g/mol. The Kier molecular flexibility index (Phi) is 9.98. The van der Waals surface area contributed by atoms with E-state index in [0.29, 0.717) is 39.1 Å². The summed E-state index contributed by atoms with van der Waals surface area (Å²) in [5, 5.41) is 10.3. The molecule has 6 amide bonds. The second kappa shape index (κ2) is 15.4. The Hall–Kier alpha value is -6.75. The molecular weight excluding hydrogens is 794 g/mol. The monoisotopic (exact) mass is 833 g/mol. The van der Waals surface area contributed by atoms with Crippen molar-refractivity contribution in [2.75, 3.05) is 45.6 Å². The molecule has 4 N–H and O–H groups in total. The van der Waals surface area contributed by atoms with E-state index in [4.69, 9.17) is 4.74 Å². The highest BCUT2D eigenvalue weighted by atomic mass is 32.2. The quantitative estimate of drug-likeness (QED) is 0.139. The maximum atomic E-state index is 16.2. The van der Waals surface area contributed by atoms with Crippen molar-refractivity contribution in [2.24, 2.45) is 5.92 Å². The number of hydrogen-bond acceptors (Lipinski definition) is 9. The first-order chi connectivity index (χ1) is 28.9. The van der Waals surface area contributed by atoms with Crippen molar-refractivity contribution in [3.05, 3.63) is 102 Å². The van der Waals surface area contributed by atoms with Gasteiger partial charge in [-0.1, -0.05) is 42.5 Å². The van der Waals surface area contributed by atoms with Crippen molar-refractivity contribution in [2.45, 2.75) is 44.8 Å². The molecule has 17 heteroatoms.